The number of rotatable bonds is 4. The molecule has 0 bridgehead atoms. The van der Waals surface area contributed by atoms with E-state index < -0.39 is 11.7 Å². The van der Waals surface area contributed by atoms with Crippen LogP contribution in [0.4, 0.5) is 4.79 Å². The first-order valence-electron chi connectivity index (χ1n) is 8.55. The van der Waals surface area contributed by atoms with E-state index in [1.54, 1.807) is 11.8 Å². The number of hydrogen-bond acceptors (Lipinski definition) is 4. The molecule has 1 fully saturated rings. The Morgan fingerprint density at radius 1 is 1.16 bits per heavy atom. The number of alkyl carbamates (subject to hydrolysis) is 1. The van der Waals surface area contributed by atoms with Crippen LogP contribution < -0.4 is 5.32 Å². The molecule has 2 aromatic rings. The highest BCUT2D eigenvalue weighted by molar-refractivity contribution is 7.99. The fraction of sp³-hybridized carbons (Fsp3) is 0.350. The van der Waals surface area contributed by atoms with E-state index in [4.69, 9.17) is 4.74 Å². The summed E-state index contributed by atoms with van der Waals surface area (Å²) >= 11 is 1.71. The number of amides is 1. The molecule has 25 heavy (non-hydrogen) atoms. The molecule has 1 atom stereocenters. The van der Waals surface area contributed by atoms with Crippen molar-refractivity contribution >= 4 is 17.9 Å². The lowest BCUT2D eigenvalue weighted by Gasteiger charge is -2.21. The number of thioether (sulfide) groups is 1. The SMILES string of the molecule is O=C(NCC1(O)CCSC1)OCC1c2ccccc2-c2ccccc21. The van der Waals surface area contributed by atoms with E-state index in [2.05, 4.69) is 29.6 Å². The normalized spacial score (nSPS) is 21.6. The van der Waals surface area contributed by atoms with Crippen molar-refractivity contribution < 1.29 is 14.6 Å². The number of aliphatic hydroxyl groups is 1. The van der Waals surface area contributed by atoms with Gasteiger partial charge < -0.3 is 15.2 Å². The zero-order chi connectivity index (χ0) is 17.3. The fourth-order valence-corrected chi connectivity index (χ4v) is 4.92. The Labute approximate surface area is 151 Å². The minimum atomic E-state index is -0.795. The van der Waals surface area contributed by atoms with Gasteiger partial charge in [-0.3, -0.25) is 0 Å². The Morgan fingerprint density at radius 3 is 2.40 bits per heavy atom. The van der Waals surface area contributed by atoms with Crippen LogP contribution in [0.3, 0.4) is 0 Å². The van der Waals surface area contributed by atoms with Gasteiger partial charge in [0, 0.05) is 11.7 Å². The summed E-state index contributed by atoms with van der Waals surface area (Å²) in [6.07, 6.45) is 0.244. The van der Waals surface area contributed by atoms with Gasteiger partial charge in [-0.05, 0) is 34.4 Å². The largest absolute Gasteiger partial charge is 0.449 e. The molecule has 1 amide bonds. The van der Waals surface area contributed by atoms with Crippen molar-refractivity contribution in [3.05, 3.63) is 59.7 Å². The average Bonchev–Trinajstić information content (AvgIpc) is 3.21. The minimum absolute atomic E-state index is 0.0586. The van der Waals surface area contributed by atoms with E-state index in [1.807, 2.05) is 24.3 Å². The highest BCUT2D eigenvalue weighted by Crippen LogP contribution is 2.44. The molecule has 1 heterocycles. The number of nitrogens with one attached hydrogen (secondary N) is 1. The minimum Gasteiger partial charge on any atom is -0.449 e. The van der Waals surface area contributed by atoms with Crippen molar-refractivity contribution in [3.8, 4) is 11.1 Å². The smallest absolute Gasteiger partial charge is 0.407 e. The molecule has 0 spiro atoms. The van der Waals surface area contributed by atoms with Crippen molar-refractivity contribution in [2.24, 2.45) is 0 Å². The van der Waals surface area contributed by atoms with Crippen LogP contribution in [0.2, 0.25) is 0 Å². The van der Waals surface area contributed by atoms with Crippen molar-refractivity contribution in [1.29, 1.82) is 0 Å². The first-order valence-corrected chi connectivity index (χ1v) is 9.71. The molecule has 1 aliphatic carbocycles. The van der Waals surface area contributed by atoms with Gasteiger partial charge in [0.25, 0.3) is 0 Å². The molecule has 5 heteroatoms. The summed E-state index contributed by atoms with van der Waals surface area (Å²) < 4.78 is 5.48. The van der Waals surface area contributed by atoms with Gasteiger partial charge >= 0.3 is 6.09 Å². The standard InChI is InChI=1S/C20H21NO3S/c22-19(21-12-20(23)9-10-25-13-20)24-11-18-16-7-3-1-5-14(16)15-6-2-4-8-17(15)18/h1-8,18,23H,9-13H2,(H,21,22). The topological polar surface area (TPSA) is 58.6 Å². The molecular weight excluding hydrogens is 334 g/mol. The predicted octanol–water partition coefficient (Wildman–Crippen LogP) is 3.39. The summed E-state index contributed by atoms with van der Waals surface area (Å²) in [5.41, 5.74) is 4.02. The number of benzene rings is 2. The Balaban J connectivity index is 1.42. The number of ether oxygens (including phenoxy) is 1. The molecule has 0 saturated carbocycles. The summed E-state index contributed by atoms with van der Waals surface area (Å²) in [6.45, 7) is 0.545. The van der Waals surface area contributed by atoms with Crippen LogP contribution in [-0.4, -0.2) is 41.5 Å². The maximum Gasteiger partial charge on any atom is 0.407 e. The van der Waals surface area contributed by atoms with Crippen LogP contribution in [0, 0.1) is 0 Å². The molecule has 2 aliphatic rings. The summed E-state index contributed by atoms with van der Waals surface area (Å²) in [6, 6.07) is 16.5. The van der Waals surface area contributed by atoms with Crippen LogP contribution in [0.15, 0.2) is 48.5 Å². The highest BCUT2D eigenvalue weighted by Gasteiger charge is 2.33. The summed E-state index contributed by atoms with van der Waals surface area (Å²) in [4.78, 5) is 12.1. The maximum absolute atomic E-state index is 12.1. The van der Waals surface area contributed by atoms with E-state index in [1.165, 1.54) is 22.3 Å². The predicted molar refractivity (Wildman–Crippen MR) is 100.0 cm³/mol. The van der Waals surface area contributed by atoms with Gasteiger partial charge in [-0.1, -0.05) is 48.5 Å². The monoisotopic (exact) mass is 355 g/mol. The summed E-state index contributed by atoms with van der Waals surface area (Å²) in [7, 11) is 0. The molecule has 4 nitrogen and oxygen atoms in total. The molecule has 1 aliphatic heterocycles. The van der Waals surface area contributed by atoms with Crippen molar-refractivity contribution in [2.75, 3.05) is 24.7 Å². The number of fused-ring (bicyclic) bond motifs is 3. The first-order chi connectivity index (χ1) is 12.2. The van der Waals surface area contributed by atoms with Gasteiger partial charge in [-0.2, -0.15) is 11.8 Å². The molecule has 2 N–H and O–H groups in total. The third kappa shape index (κ3) is 3.26. The van der Waals surface area contributed by atoms with Crippen molar-refractivity contribution in [2.45, 2.75) is 17.9 Å². The highest BCUT2D eigenvalue weighted by atomic mass is 32.2. The number of hydrogen-bond donors (Lipinski definition) is 2. The van der Waals surface area contributed by atoms with Gasteiger partial charge in [0.1, 0.15) is 6.61 Å². The maximum atomic E-state index is 12.1. The van der Waals surface area contributed by atoms with Crippen LogP contribution in [0.5, 0.6) is 0 Å². The average molecular weight is 355 g/mol. The third-order valence-electron chi connectivity index (χ3n) is 4.99. The van der Waals surface area contributed by atoms with Gasteiger partial charge in [-0.25, -0.2) is 4.79 Å². The molecule has 0 radical (unpaired) electrons. The van der Waals surface area contributed by atoms with E-state index in [9.17, 15) is 9.90 Å². The molecular formula is C20H21NO3S. The third-order valence-corrected chi connectivity index (χ3v) is 6.22. The summed E-state index contributed by atoms with van der Waals surface area (Å²) in [5.74, 6) is 1.66. The van der Waals surface area contributed by atoms with Gasteiger partial charge in [0.05, 0.1) is 12.1 Å². The Hall–Kier alpha value is -1.98. The lowest BCUT2D eigenvalue weighted by molar-refractivity contribution is 0.0632. The second-order valence-corrected chi connectivity index (χ2v) is 7.81. The Kier molecular flexibility index (Phi) is 4.44. The fourth-order valence-electron chi connectivity index (χ4n) is 3.62. The van der Waals surface area contributed by atoms with Crippen molar-refractivity contribution in [1.82, 2.24) is 5.32 Å². The van der Waals surface area contributed by atoms with Crippen LogP contribution in [0.25, 0.3) is 11.1 Å². The van der Waals surface area contributed by atoms with E-state index >= 15 is 0 Å². The lowest BCUT2D eigenvalue weighted by Crippen LogP contribution is -2.43. The summed E-state index contributed by atoms with van der Waals surface area (Å²) in [5, 5.41) is 13.0. The van der Waals surface area contributed by atoms with Gasteiger partial charge in [0.15, 0.2) is 0 Å². The zero-order valence-corrected chi connectivity index (χ0v) is 14.7. The van der Waals surface area contributed by atoms with Crippen LogP contribution >= 0.6 is 11.8 Å². The molecule has 1 saturated heterocycles. The molecule has 2 aromatic carbocycles. The van der Waals surface area contributed by atoms with Crippen molar-refractivity contribution in [3.63, 3.8) is 0 Å². The first kappa shape index (κ1) is 16.5. The second-order valence-electron chi connectivity index (χ2n) is 6.71. The number of carbonyl (C=O) groups is 1. The Bertz CT molecular complexity index is 741. The molecule has 0 aromatic heterocycles. The second kappa shape index (κ2) is 6.73. The van der Waals surface area contributed by atoms with Gasteiger partial charge in [0.2, 0.25) is 0 Å². The molecule has 1 unspecified atom stereocenters. The lowest BCUT2D eigenvalue weighted by atomic mass is 9.98. The molecule has 4 rings (SSSR count). The van der Waals surface area contributed by atoms with Gasteiger partial charge in [-0.15, -0.1) is 0 Å². The quantitative estimate of drug-likeness (QED) is 0.883. The molecule has 130 valence electrons. The Morgan fingerprint density at radius 2 is 1.80 bits per heavy atom. The van der Waals surface area contributed by atoms with E-state index in [0.29, 0.717) is 18.8 Å². The van der Waals surface area contributed by atoms with Crippen LogP contribution in [-0.2, 0) is 4.74 Å². The zero-order valence-electron chi connectivity index (χ0n) is 13.9. The van der Waals surface area contributed by atoms with E-state index in [0.717, 1.165) is 5.75 Å². The van der Waals surface area contributed by atoms with Crippen LogP contribution in [0.1, 0.15) is 23.5 Å². The number of carbonyl (C=O) groups excluding carboxylic acids is 1. The van der Waals surface area contributed by atoms with E-state index in [-0.39, 0.29) is 12.5 Å².